The molecule has 2 aliphatic carbocycles. The van der Waals surface area contributed by atoms with Crippen LogP contribution in [0.3, 0.4) is 0 Å². The summed E-state index contributed by atoms with van der Waals surface area (Å²) in [5.74, 6) is -0.711. The molecule has 11 heteroatoms. The Morgan fingerprint density at radius 1 is 0.896 bits per heavy atom. The number of rotatable bonds is 6. The molecule has 9 rings (SSSR count). The van der Waals surface area contributed by atoms with Crippen LogP contribution in [0.5, 0.6) is 5.75 Å². The number of ether oxygens (including phenoxy) is 1. The minimum atomic E-state index is -0.386. The standard InChI is InChI=1S/C37H28ClN3O5S2/c38-20-10-12-21(13-11-20)41-35(43)30-24-16-25(31(30)36(41)44)32-29(24)28(33-34(47-32)40-37(45)48-33)19-8-14-22(15-9-19)46-17-27(42)39-26-7-3-5-18-4-1-2-6-23(18)26/h1-15,24-25,28-32H,16-17H2,(H,39,42)(H,40,45)/t24-,25-,28-,29?,30?,31?,32?/m1/s1. The molecule has 3 heterocycles. The topological polar surface area (TPSA) is 109 Å². The number of H-pyrrole nitrogens is 1. The van der Waals surface area contributed by atoms with Gasteiger partial charge in [-0.1, -0.05) is 71.5 Å². The highest BCUT2D eigenvalue weighted by Crippen LogP contribution is 2.68. The Hall–Kier alpha value is -4.38. The van der Waals surface area contributed by atoms with Crippen LogP contribution >= 0.6 is 34.7 Å². The highest BCUT2D eigenvalue weighted by Gasteiger charge is 2.69. The zero-order valence-corrected chi connectivity index (χ0v) is 27.7. The summed E-state index contributed by atoms with van der Waals surface area (Å²) < 4.78 is 5.88. The van der Waals surface area contributed by atoms with Gasteiger partial charge in [0, 0.05) is 32.1 Å². The summed E-state index contributed by atoms with van der Waals surface area (Å²) in [6, 6.07) is 28.2. The summed E-state index contributed by atoms with van der Waals surface area (Å²) in [4.78, 5) is 58.5. The molecule has 240 valence electrons. The van der Waals surface area contributed by atoms with Crippen LogP contribution < -0.4 is 19.8 Å². The van der Waals surface area contributed by atoms with Crippen LogP contribution in [0.15, 0.2) is 101 Å². The fraction of sp³-hybridized carbons (Fsp3) is 0.243. The van der Waals surface area contributed by atoms with E-state index in [-0.39, 0.29) is 70.0 Å². The maximum Gasteiger partial charge on any atom is 0.305 e. The second-order valence-corrected chi connectivity index (χ2v) is 15.5. The number of carbonyl (C=O) groups excluding carboxylic acids is 3. The second kappa shape index (κ2) is 11.4. The maximum absolute atomic E-state index is 14.0. The molecule has 7 atom stereocenters. The van der Waals surface area contributed by atoms with Gasteiger partial charge in [-0.2, -0.15) is 0 Å². The molecule has 4 aliphatic rings. The zero-order valence-electron chi connectivity index (χ0n) is 25.3. The molecule has 2 aliphatic heterocycles. The number of carbonyl (C=O) groups is 3. The normalized spacial score (nSPS) is 26.8. The largest absolute Gasteiger partial charge is 0.484 e. The van der Waals surface area contributed by atoms with Crippen molar-refractivity contribution in [3.05, 3.63) is 116 Å². The molecule has 5 aromatic rings. The molecule has 1 saturated heterocycles. The van der Waals surface area contributed by atoms with E-state index in [9.17, 15) is 19.2 Å². The van der Waals surface area contributed by atoms with Crippen LogP contribution in [-0.2, 0) is 14.4 Å². The van der Waals surface area contributed by atoms with Gasteiger partial charge in [0.2, 0.25) is 11.8 Å². The lowest BCUT2D eigenvalue weighted by Crippen LogP contribution is -2.42. The Kier molecular flexibility index (Phi) is 7.04. The van der Waals surface area contributed by atoms with Crippen LogP contribution in [0.4, 0.5) is 11.4 Å². The molecule has 0 spiro atoms. The number of nitrogens with one attached hydrogen (secondary N) is 2. The van der Waals surface area contributed by atoms with E-state index in [4.69, 9.17) is 16.3 Å². The average Bonchev–Trinajstić information content (AvgIpc) is 3.83. The lowest BCUT2D eigenvalue weighted by atomic mass is 9.68. The Balaban J connectivity index is 0.966. The highest BCUT2D eigenvalue weighted by molar-refractivity contribution is 8.00. The fourth-order valence-corrected chi connectivity index (χ4v) is 11.7. The van der Waals surface area contributed by atoms with Crippen molar-refractivity contribution in [2.24, 2.45) is 29.6 Å². The van der Waals surface area contributed by atoms with Crippen molar-refractivity contribution in [1.82, 2.24) is 4.98 Å². The van der Waals surface area contributed by atoms with Crippen molar-refractivity contribution in [2.75, 3.05) is 16.8 Å². The Morgan fingerprint density at radius 2 is 1.62 bits per heavy atom. The Labute approximate surface area is 288 Å². The van der Waals surface area contributed by atoms with Gasteiger partial charge in [-0.3, -0.25) is 24.1 Å². The minimum absolute atomic E-state index is 0.00953. The molecule has 3 amide bonds. The summed E-state index contributed by atoms with van der Waals surface area (Å²) >= 11 is 8.98. The number of aromatic nitrogens is 1. The third-order valence-electron chi connectivity index (χ3n) is 10.5. The van der Waals surface area contributed by atoms with Gasteiger partial charge in [0.15, 0.2) is 6.61 Å². The molecule has 48 heavy (non-hydrogen) atoms. The maximum atomic E-state index is 14.0. The molecule has 2 saturated carbocycles. The first-order valence-electron chi connectivity index (χ1n) is 15.9. The van der Waals surface area contributed by atoms with Crippen molar-refractivity contribution in [3.8, 4) is 5.75 Å². The van der Waals surface area contributed by atoms with Crippen LogP contribution in [-0.4, -0.2) is 34.6 Å². The van der Waals surface area contributed by atoms with Gasteiger partial charge in [0.05, 0.1) is 22.5 Å². The van der Waals surface area contributed by atoms with Crippen molar-refractivity contribution in [1.29, 1.82) is 0 Å². The minimum Gasteiger partial charge on any atom is -0.484 e. The number of aromatic amines is 1. The first-order valence-corrected chi connectivity index (χ1v) is 18.0. The second-order valence-electron chi connectivity index (χ2n) is 12.9. The van der Waals surface area contributed by atoms with E-state index in [1.165, 1.54) is 16.2 Å². The molecule has 0 radical (unpaired) electrons. The smallest absolute Gasteiger partial charge is 0.305 e. The number of thioether (sulfide) groups is 1. The van der Waals surface area contributed by atoms with Crippen molar-refractivity contribution in [3.63, 3.8) is 0 Å². The van der Waals surface area contributed by atoms with E-state index in [0.717, 1.165) is 38.3 Å². The van der Waals surface area contributed by atoms with Gasteiger partial charge in [-0.25, -0.2) is 0 Å². The quantitative estimate of drug-likeness (QED) is 0.187. The number of fused-ring (bicyclic) bond motifs is 10. The van der Waals surface area contributed by atoms with Crippen LogP contribution in [0.1, 0.15) is 22.8 Å². The van der Waals surface area contributed by atoms with E-state index in [1.54, 1.807) is 36.0 Å². The summed E-state index contributed by atoms with van der Waals surface area (Å²) in [7, 11) is 0. The van der Waals surface area contributed by atoms with E-state index in [0.29, 0.717) is 16.5 Å². The van der Waals surface area contributed by atoms with Crippen molar-refractivity contribution in [2.45, 2.75) is 22.6 Å². The number of hydrogen-bond acceptors (Lipinski definition) is 7. The molecular weight excluding hydrogens is 666 g/mol. The first kappa shape index (κ1) is 29.7. The van der Waals surface area contributed by atoms with Gasteiger partial charge in [-0.15, -0.1) is 11.8 Å². The van der Waals surface area contributed by atoms with Gasteiger partial charge in [0.25, 0.3) is 5.91 Å². The number of amides is 3. The highest BCUT2D eigenvalue weighted by atomic mass is 35.5. The predicted octanol–water partition coefficient (Wildman–Crippen LogP) is 6.94. The van der Waals surface area contributed by atoms with Gasteiger partial charge >= 0.3 is 4.87 Å². The molecule has 4 aromatic carbocycles. The first-order chi connectivity index (χ1) is 23.4. The summed E-state index contributed by atoms with van der Waals surface area (Å²) in [6.45, 7) is -0.149. The lowest BCUT2D eigenvalue weighted by molar-refractivity contribution is -0.123. The number of anilines is 2. The van der Waals surface area contributed by atoms with Gasteiger partial charge < -0.3 is 15.0 Å². The lowest BCUT2D eigenvalue weighted by Gasteiger charge is -2.43. The molecule has 2 bridgehead atoms. The summed E-state index contributed by atoms with van der Waals surface area (Å²) in [5, 5.41) is 6.45. The Morgan fingerprint density at radius 3 is 2.42 bits per heavy atom. The third kappa shape index (κ3) is 4.64. The molecule has 8 nitrogen and oxygen atoms in total. The van der Waals surface area contributed by atoms with Crippen LogP contribution in [0, 0.1) is 29.6 Å². The van der Waals surface area contributed by atoms with Gasteiger partial charge in [-0.05, 0) is 77.6 Å². The monoisotopic (exact) mass is 693 g/mol. The average molecular weight is 694 g/mol. The third-order valence-corrected chi connectivity index (χ3v) is 13.3. The van der Waals surface area contributed by atoms with Crippen LogP contribution in [0.2, 0.25) is 5.02 Å². The number of imide groups is 1. The summed E-state index contributed by atoms with van der Waals surface area (Å²) in [5.41, 5.74) is 2.31. The molecular formula is C37H28ClN3O5S2. The number of thiazole rings is 1. The predicted molar refractivity (Wildman–Crippen MR) is 187 cm³/mol. The molecule has 2 N–H and O–H groups in total. The summed E-state index contributed by atoms with van der Waals surface area (Å²) in [6.07, 6.45) is 0.812. The fourth-order valence-electron chi connectivity index (χ4n) is 8.68. The van der Waals surface area contributed by atoms with Crippen molar-refractivity contribution >= 4 is 74.6 Å². The van der Waals surface area contributed by atoms with Crippen LogP contribution in [0.25, 0.3) is 10.8 Å². The van der Waals surface area contributed by atoms with E-state index in [2.05, 4.69) is 10.3 Å². The van der Waals surface area contributed by atoms with E-state index in [1.807, 2.05) is 66.7 Å². The van der Waals surface area contributed by atoms with E-state index < -0.39 is 0 Å². The number of nitrogens with zero attached hydrogens (tertiary/aromatic N) is 1. The van der Waals surface area contributed by atoms with E-state index >= 15 is 0 Å². The Bertz CT molecular complexity index is 2180. The number of halogens is 1. The number of hydrogen-bond donors (Lipinski definition) is 2. The van der Waals surface area contributed by atoms with Gasteiger partial charge in [0.1, 0.15) is 5.75 Å². The number of benzene rings is 4. The van der Waals surface area contributed by atoms with Crippen molar-refractivity contribution < 1.29 is 19.1 Å². The molecule has 4 unspecified atom stereocenters. The molecule has 3 fully saturated rings. The zero-order chi connectivity index (χ0) is 32.7. The molecule has 1 aromatic heterocycles. The SMILES string of the molecule is O=C(COc1ccc([C@H]2c3sc(=O)[nH]c3SC3C2[C@H]2C[C@@H]3C3C(=O)N(c4ccc(Cl)cc4)C(=O)C32)cc1)Nc1cccc2ccccc12.